The molecule has 2 heterocycles. The third-order valence-corrected chi connectivity index (χ3v) is 6.04. The van der Waals surface area contributed by atoms with Gasteiger partial charge in [0.05, 0.1) is 5.69 Å². The molecule has 148 valence electrons. The third kappa shape index (κ3) is 4.09. The van der Waals surface area contributed by atoms with Crippen molar-refractivity contribution < 1.29 is 9.18 Å². The van der Waals surface area contributed by atoms with E-state index in [0.717, 1.165) is 36.6 Å². The van der Waals surface area contributed by atoms with Crippen molar-refractivity contribution in [3.8, 4) is 0 Å². The number of halogens is 2. The summed E-state index contributed by atoms with van der Waals surface area (Å²) in [7, 11) is 0. The predicted molar refractivity (Wildman–Crippen MR) is 112 cm³/mol. The van der Waals surface area contributed by atoms with Crippen LogP contribution in [0.3, 0.4) is 0 Å². The van der Waals surface area contributed by atoms with Gasteiger partial charge in [-0.25, -0.2) is 4.39 Å². The predicted octanol–water partition coefficient (Wildman–Crippen LogP) is 4.04. The summed E-state index contributed by atoms with van der Waals surface area (Å²) < 4.78 is 14.0. The van der Waals surface area contributed by atoms with Crippen LogP contribution in [-0.2, 0) is 4.79 Å². The van der Waals surface area contributed by atoms with Crippen molar-refractivity contribution in [2.45, 2.75) is 12.8 Å². The molecule has 0 radical (unpaired) electrons. The highest BCUT2D eigenvalue weighted by Crippen LogP contribution is 2.27. The maximum Gasteiger partial charge on any atom is 0.225 e. The van der Waals surface area contributed by atoms with E-state index in [-0.39, 0.29) is 17.6 Å². The summed E-state index contributed by atoms with van der Waals surface area (Å²) >= 11 is 6.10. The number of carbonyl (C=O) groups is 1. The molecule has 2 aromatic rings. The Bertz CT molecular complexity index is 830. The second-order valence-corrected chi connectivity index (χ2v) is 7.94. The Hall–Kier alpha value is -2.27. The van der Waals surface area contributed by atoms with Gasteiger partial charge in [-0.05, 0) is 43.2 Å². The molecular formula is C22H25ClFN3O. The van der Waals surface area contributed by atoms with Crippen LogP contribution in [0.1, 0.15) is 12.8 Å². The minimum atomic E-state index is -0.198. The van der Waals surface area contributed by atoms with Gasteiger partial charge in [0, 0.05) is 55.9 Å². The highest BCUT2D eigenvalue weighted by molar-refractivity contribution is 6.30. The number of benzene rings is 2. The summed E-state index contributed by atoms with van der Waals surface area (Å²) in [4.78, 5) is 19.2. The van der Waals surface area contributed by atoms with Crippen molar-refractivity contribution in [1.82, 2.24) is 4.90 Å². The Morgan fingerprint density at radius 1 is 0.893 bits per heavy atom. The Balaban J connectivity index is 1.30. The molecule has 2 aliphatic rings. The largest absolute Gasteiger partial charge is 0.371 e. The highest BCUT2D eigenvalue weighted by Gasteiger charge is 2.31. The van der Waals surface area contributed by atoms with Crippen molar-refractivity contribution in [3.63, 3.8) is 0 Å². The van der Waals surface area contributed by atoms with Gasteiger partial charge >= 0.3 is 0 Å². The number of rotatable bonds is 3. The van der Waals surface area contributed by atoms with Gasteiger partial charge in [0.1, 0.15) is 5.82 Å². The fourth-order valence-electron chi connectivity index (χ4n) is 4.19. The number of anilines is 2. The zero-order valence-corrected chi connectivity index (χ0v) is 16.6. The van der Waals surface area contributed by atoms with Crippen LogP contribution in [0.4, 0.5) is 15.8 Å². The lowest BCUT2D eigenvalue weighted by molar-refractivity contribution is -0.136. The number of hydrogen-bond donors (Lipinski definition) is 0. The van der Waals surface area contributed by atoms with Crippen molar-refractivity contribution in [3.05, 3.63) is 59.4 Å². The smallest absolute Gasteiger partial charge is 0.225 e. The zero-order valence-electron chi connectivity index (χ0n) is 15.9. The van der Waals surface area contributed by atoms with Crippen molar-refractivity contribution in [1.29, 1.82) is 0 Å². The van der Waals surface area contributed by atoms with Crippen LogP contribution >= 0.6 is 11.6 Å². The highest BCUT2D eigenvalue weighted by atomic mass is 35.5. The maximum atomic E-state index is 14.0. The standard InChI is InChI=1S/C22H25ClFN3O/c23-18-4-3-5-19(16-18)25-10-8-17(9-11-25)22(28)27-14-12-26(13-15-27)21-7-2-1-6-20(21)24/h1-7,16-17H,8-15H2. The van der Waals surface area contributed by atoms with E-state index < -0.39 is 0 Å². The van der Waals surface area contributed by atoms with E-state index in [1.54, 1.807) is 12.1 Å². The minimum absolute atomic E-state index is 0.0791. The van der Waals surface area contributed by atoms with Gasteiger partial charge in [0.15, 0.2) is 0 Å². The van der Waals surface area contributed by atoms with Gasteiger partial charge in [0.2, 0.25) is 5.91 Å². The van der Waals surface area contributed by atoms with Crippen molar-refractivity contribution in [2.24, 2.45) is 5.92 Å². The number of hydrogen-bond acceptors (Lipinski definition) is 3. The first-order valence-electron chi connectivity index (χ1n) is 9.90. The number of carbonyl (C=O) groups excluding carboxylic acids is 1. The first-order chi connectivity index (χ1) is 13.6. The average Bonchev–Trinajstić information content (AvgIpc) is 2.74. The van der Waals surface area contributed by atoms with Crippen LogP contribution in [0.15, 0.2) is 48.5 Å². The minimum Gasteiger partial charge on any atom is -0.371 e. The Kier molecular flexibility index (Phi) is 5.72. The quantitative estimate of drug-likeness (QED) is 0.776. The summed E-state index contributed by atoms with van der Waals surface area (Å²) in [6, 6.07) is 14.7. The molecule has 0 aliphatic carbocycles. The normalized spacial score (nSPS) is 18.4. The van der Waals surface area contributed by atoms with Gasteiger partial charge in [-0.15, -0.1) is 0 Å². The molecule has 0 bridgehead atoms. The van der Waals surface area contributed by atoms with E-state index in [4.69, 9.17) is 11.6 Å². The van der Waals surface area contributed by atoms with Crippen molar-refractivity contribution >= 4 is 28.9 Å². The molecule has 0 spiro atoms. The molecule has 2 saturated heterocycles. The van der Waals surface area contributed by atoms with E-state index in [1.807, 2.05) is 34.1 Å². The average molecular weight is 402 g/mol. The summed E-state index contributed by atoms with van der Waals surface area (Å²) in [5.74, 6) is 0.130. The molecule has 2 aromatic carbocycles. The summed E-state index contributed by atoms with van der Waals surface area (Å²) in [5, 5.41) is 0.739. The molecule has 6 heteroatoms. The van der Waals surface area contributed by atoms with E-state index in [2.05, 4.69) is 11.0 Å². The number of para-hydroxylation sites is 1. The monoisotopic (exact) mass is 401 g/mol. The van der Waals surface area contributed by atoms with E-state index in [9.17, 15) is 9.18 Å². The lowest BCUT2D eigenvalue weighted by Crippen LogP contribution is -2.51. The van der Waals surface area contributed by atoms with Gasteiger partial charge < -0.3 is 14.7 Å². The molecule has 0 unspecified atom stereocenters. The molecule has 2 fully saturated rings. The first-order valence-corrected chi connectivity index (χ1v) is 10.3. The number of nitrogens with zero attached hydrogens (tertiary/aromatic N) is 3. The van der Waals surface area contributed by atoms with Crippen LogP contribution in [0.5, 0.6) is 0 Å². The fraction of sp³-hybridized carbons (Fsp3) is 0.409. The van der Waals surface area contributed by atoms with Gasteiger partial charge in [-0.2, -0.15) is 0 Å². The first kappa shape index (κ1) is 19.1. The third-order valence-electron chi connectivity index (χ3n) is 5.80. The zero-order chi connectivity index (χ0) is 19.5. The molecule has 4 nitrogen and oxygen atoms in total. The second kappa shape index (κ2) is 8.39. The molecular weight excluding hydrogens is 377 g/mol. The molecule has 0 aromatic heterocycles. The molecule has 0 N–H and O–H groups in total. The SMILES string of the molecule is O=C(C1CCN(c2cccc(Cl)c2)CC1)N1CCN(c2ccccc2F)CC1. The van der Waals surface area contributed by atoms with Crippen LogP contribution in [0.25, 0.3) is 0 Å². The molecule has 4 rings (SSSR count). The van der Waals surface area contributed by atoms with Gasteiger partial charge in [-0.1, -0.05) is 29.8 Å². The van der Waals surface area contributed by atoms with Crippen LogP contribution in [0, 0.1) is 11.7 Å². The van der Waals surface area contributed by atoms with Crippen molar-refractivity contribution in [2.75, 3.05) is 49.1 Å². The molecule has 2 aliphatic heterocycles. The Labute approximate surface area is 170 Å². The fourth-order valence-corrected chi connectivity index (χ4v) is 4.38. The van der Waals surface area contributed by atoms with Crippen LogP contribution < -0.4 is 9.80 Å². The summed E-state index contributed by atoms with van der Waals surface area (Å²) in [6.45, 7) is 4.39. The van der Waals surface area contributed by atoms with Crippen LogP contribution in [0.2, 0.25) is 5.02 Å². The van der Waals surface area contributed by atoms with E-state index in [1.165, 1.54) is 6.07 Å². The molecule has 0 atom stereocenters. The molecule has 0 saturated carbocycles. The molecule has 28 heavy (non-hydrogen) atoms. The Morgan fingerprint density at radius 2 is 1.61 bits per heavy atom. The van der Waals surface area contributed by atoms with Crippen LogP contribution in [-0.4, -0.2) is 50.1 Å². The second-order valence-electron chi connectivity index (χ2n) is 7.50. The van der Waals surface area contributed by atoms with E-state index >= 15 is 0 Å². The van der Waals surface area contributed by atoms with Gasteiger partial charge in [0.25, 0.3) is 0 Å². The lowest BCUT2D eigenvalue weighted by atomic mass is 9.94. The number of piperazine rings is 1. The number of piperidine rings is 1. The topological polar surface area (TPSA) is 26.8 Å². The van der Waals surface area contributed by atoms with Gasteiger partial charge in [-0.3, -0.25) is 4.79 Å². The molecule has 1 amide bonds. The van der Waals surface area contributed by atoms with E-state index in [0.29, 0.717) is 31.9 Å². The maximum absolute atomic E-state index is 14.0. The lowest BCUT2D eigenvalue weighted by Gasteiger charge is -2.39. The summed E-state index contributed by atoms with van der Waals surface area (Å²) in [6.07, 6.45) is 1.72. The number of amides is 1. The Morgan fingerprint density at radius 3 is 2.29 bits per heavy atom. The summed E-state index contributed by atoms with van der Waals surface area (Å²) in [5.41, 5.74) is 1.75.